The Morgan fingerprint density at radius 3 is 2.54 bits per heavy atom. The molecule has 3 rings (SSSR count). The largest absolute Gasteiger partial charge is 0.391 e. The monoisotopic (exact) mass is 329 g/mol. The van der Waals surface area contributed by atoms with Crippen molar-refractivity contribution in [1.29, 1.82) is 0 Å². The first-order valence-corrected chi connectivity index (χ1v) is 7.83. The maximum Gasteiger partial charge on any atom is 0.254 e. The molecule has 6 heteroatoms. The zero-order chi connectivity index (χ0) is 17.3. The summed E-state index contributed by atoms with van der Waals surface area (Å²) in [5.74, 6) is 0.301. The summed E-state index contributed by atoms with van der Waals surface area (Å²) in [6.45, 7) is 0.454. The summed E-state index contributed by atoms with van der Waals surface area (Å²) in [4.78, 5) is 19.8. The molecule has 24 heavy (non-hydrogen) atoms. The minimum absolute atomic E-state index is 0.0662. The molecule has 1 aliphatic rings. The van der Waals surface area contributed by atoms with Crippen LogP contribution in [0, 0.1) is 5.82 Å². The Bertz CT molecular complexity index is 716. The van der Waals surface area contributed by atoms with Crippen LogP contribution in [0.4, 0.5) is 10.2 Å². The number of halogens is 1. The van der Waals surface area contributed by atoms with Gasteiger partial charge >= 0.3 is 0 Å². The molecule has 0 radical (unpaired) electrons. The third kappa shape index (κ3) is 3.23. The second-order valence-corrected chi connectivity index (χ2v) is 6.21. The van der Waals surface area contributed by atoms with Gasteiger partial charge in [0, 0.05) is 26.8 Å². The minimum atomic E-state index is -0.468. The van der Waals surface area contributed by atoms with Crippen molar-refractivity contribution in [2.24, 2.45) is 0 Å². The molecular weight excluding hydrogens is 309 g/mol. The van der Waals surface area contributed by atoms with E-state index in [1.54, 1.807) is 44.6 Å². The summed E-state index contributed by atoms with van der Waals surface area (Å²) < 4.78 is 13.1. The molecule has 1 aromatic heterocycles. The molecule has 2 heterocycles. The van der Waals surface area contributed by atoms with E-state index in [1.165, 1.54) is 17.0 Å². The highest BCUT2D eigenvalue weighted by Crippen LogP contribution is 2.35. The van der Waals surface area contributed by atoms with Crippen LogP contribution < -0.4 is 4.90 Å². The number of aromatic nitrogens is 1. The average molecular weight is 329 g/mol. The number of amides is 1. The number of β-amino-alcohol motifs (C(OH)–C–C–N with tert-alkyl or cyclic N) is 1. The number of benzene rings is 1. The van der Waals surface area contributed by atoms with Crippen LogP contribution in [0.2, 0.25) is 0 Å². The Morgan fingerprint density at radius 2 is 1.96 bits per heavy atom. The van der Waals surface area contributed by atoms with Crippen molar-refractivity contribution in [1.82, 2.24) is 9.88 Å². The van der Waals surface area contributed by atoms with Gasteiger partial charge in [-0.1, -0.05) is 12.1 Å². The van der Waals surface area contributed by atoms with Gasteiger partial charge in [-0.15, -0.1) is 0 Å². The van der Waals surface area contributed by atoms with E-state index in [1.807, 2.05) is 4.90 Å². The molecule has 1 fully saturated rings. The molecular formula is C18H20FN3O2. The summed E-state index contributed by atoms with van der Waals surface area (Å²) in [6.07, 6.45) is 1.64. The van der Waals surface area contributed by atoms with Gasteiger partial charge in [0.15, 0.2) is 0 Å². The van der Waals surface area contributed by atoms with Gasteiger partial charge in [-0.25, -0.2) is 9.37 Å². The lowest BCUT2D eigenvalue weighted by Gasteiger charge is -2.26. The highest BCUT2D eigenvalue weighted by Gasteiger charge is 2.33. The second kappa shape index (κ2) is 6.57. The zero-order valence-corrected chi connectivity index (χ0v) is 13.7. The standard InChI is InChI=1S/C18H20FN3O2/c1-21(2)18(24)13-5-8-17(20-10-13)22-11-15(23)9-16(22)12-3-6-14(19)7-4-12/h3-8,10,15-16,23H,9,11H2,1-2H3. The number of carbonyl (C=O) groups excluding carboxylic acids is 1. The Morgan fingerprint density at radius 1 is 1.25 bits per heavy atom. The third-order valence-corrected chi connectivity index (χ3v) is 4.23. The number of nitrogens with zero attached hydrogens (tertiary/aromatic N) is 3. The predicted molar refractivity (Wildman–Crippen MR) is 89.4 cm³/mol. The maximum atomic E-state index is 13.1. The molecule has 2 aromatic rings. The number of pyridine rings is 1. The van der Waals surface area contributed by atoms with Crippen molar-refractivity contribution in [2.75, 3.05) is 25.5 Å². The molecule has 1 N–H and O–H groups in total. The molecule has 0 spiro atoms. The Hall–Kier alpha value is -2.47. The summed E-state index contributed by atoms with van der Waals surface area (Å²) in [7, 11) is 3.38. The fourth-order valence-corrected chi connectivity index (χ4v) is 3.01. The normalized spacial score (nSPS) is 20.2. The van der Waals surface area contributed by atoms with Gasteiger partial charge in [0.25, 0.3) is 5.91 Å². The quantitative estimate of drug-likeness (QED) is 0.938. The summed E-state index contributed by atoms with van der Waals surface area (Å²) in [6, 6.07) is 9.75. The van der Waals surface area contributed by atoms with Crippen LogP contribution in [-0.2, 0) is 0 Å². The van der Waals surface area contributed by atoms with Crippen LogP contribution in [0.1, 0.15) is 28.4 Å². The lowest BCUT2D eigenvalue weighted by molar-refractivity contribution is 0.0827. The lowest BCUT2D eigenvalue weighted by Crippen LogP contribution is -2.26. The van der Waals surface area contributed by atoms with Gasteiger partial charge in [0.2, 0.25) is 0 Å². The summed E-state index contributed by atoms with van der Waals surface area (Å²) in [5.41, 5.74) is 1.45. The van der Waals surface area contributed by atoms with Crippen LogP contribution in [0.15, 0.2) is 42.6 Å². The van der Waals surface area contributed by atoms with E-state index in [4.69, 9.17) is 0 Å². The minimum Gasteiger partial charge on any atom is -0.391 e. The molecule has 1 aromatic carbocycles. The summed E-state index contributed by atoms with van der Waals surface area (Å²) >= 11 is 0. The molecule has 1 amide bonds. The number of hydrogen-bond acceptors (Lipinski definition) is 4. The highest BCUT2D eigenvalue weighted by molar-refractivity contribution is 5.93. The number of hydrogen-bond donors (Lipinski definition) is 1. The van der Waals surface area contributed by atoms with Crippen LogP contribution in [0.25, 0.3) is 0 Å². The van der Waals surface area contributed by atoms with Crippen molar-refractivity contribution in [3.8, 4) is 0 Å². The summed E-state index contributed by atoms with van der Waals surface area (Å²) in [5, 5.41) is 10.1. The average Bonchev–Trinajstić information content (AvgIpc) is 2.96. The molecule has 2 unspecified atom stereocenters. The third-order valence-electron chi connectivity index (χ3n) is 4.23. The van der Waals surface area contributed by atoms with Gasteiger partial charge in [-0.2, -0.15) is 0 Å². The maximum absolute atomic E-state index is 13.1. The number of aliphatic hydroxyl groups excluding tert-OH is 1. The van der Waals surface area contributed by atoms with Crippen LogP contribution in [0.5, 0.6) is 0 Å². The van der Waals surface area contributed by atoms with Gasteiger partial charge in [0.05, 0.1) is 17.7 Å². The van der Waals surface area contributed by atoms with E-state index in [2.05, 4.69) is 4.98 Å². The molecule has 126 valence electrons. The fraction of sp³-hybridized carbons (Fsp3) is 0.333. The van der Waals surface area contributed by atoms with Crippen LogP contribution in [-0.4, -0.2) is 47.6 Å². The van der Waals surface area contributed by atoms with E-state index in [0.717, 1.165) is 5.56 Å². The second-order valence-electron chi connectivity index (χ2n) is 6.21. The smallest absolute Gasteiger partial charge is 0.254 e. The Labute approximate surface area is 140 Å². The van der Waals surface area contributed by atoms with Gasteiger partial charge in [0.1, 0.15) is 11.6 Å². The topological polar surface area (TPSA) is 56.7 Å². The molecule has 0 aliphatic carbocycles. The first kappa shape index (κ1) is 16.4. The molecule has 2 atom stereocenters. The molecule has 0 bridgehead atoms. The van der Waals surface area contributed by atoms with Gasteiger partial charge in [-0.3, -0.25) is 4.79 Å². The van der Waals surface area contributed by atoms with E-state index >= 15 is 0 Å². The van der Waals surface area contributed by atoms with Crippen LogP contribution in [0.3, 0.4) is 0 Å². The molecule has 1 aliphatic heterocycles. The van der Waals surface area contributed by atoms with Gasteiger partial charge < -0.3 is 14.9 Å². The highest BCUT2D eigenvalue weighted by atomic mass is 19.1. The van der Waals surface area contributed by atoms with Gasteiger partial charge in [-0.05, 0) is 36.2 Å². The Balaban J connectivity index is 1.86. The van der Waals surface area contributed by atoms with E-state index < -0.39 is 6.10 Å². The molecule has 0 saturated carbocycles. The first-order valence-electron chi connectivity index (χ1n) is 7.83. The zero-order valence-electron chi connectivity index (χ0n) is 13.7. The van der Waals surface area contributed by atoms with Crippen molar-refractivity contribution >= 4 is 11.7 Å². The lowest BCUT2D eigenvalue weighted by atomic mass is 10.0. The Kier molecular flexibility index (Phi) is 4.49. The van der Waals surface area contributed by atoms with E-state index in [-0.39, 0.29) is 17.8 Å². The van der Waals surface area contributed by atoms with Crippen LogP contribution >= 0.6 is 0 Å². The predicted octanol–water partition coefficient (Wildman–Crippen LogP) is 2.23. The molecule has 5 nitrogen and oxygen atoms in total. The number of carbonyl (C=O) groups is 1. The van der Waals surface area contributed by atoms with Crippen molar-refractivity contribution in [3.63, 3.8) is 0 Å². The van der Waals surface area contributed by atoms with Crippen molar-refractivity contribution in [3.05, 3.63) is 59.5 Å². The fourth-order valence-electron chi connectivity index (χ4n) is 3.01. The van der Waals surface area contributed by atoms with Crippen molar-refractivity contribution < 1.29 is 14.3 Å². The van der Waals surface area contributed by atoms with E-state index in [9.17, 15) is 14.3 Å². The molecule has 1 saturated heterocycles. The first-order chi connectivity index (χ1) is 11.5. The van der Waals surface area contributed by atoms with Crippen molar-refractivity contribution in [2.45, 2.75) is 18.6 Å². The number of anilines is 1. The SMILES string of the molecule is CN(C)C(=O)c1ccc(N2CC(O)CC2c2ccc(F)cc2)nc1. The number of aliphatic hydroxyl groups is 1. The van der Waals surface area contributed by atoms with E-state index in [0.29, 0.717) is 24.3 Å². The number of rotatable bonds is 3.